The van der Waals surface area contributed by atoms with Gasteiger partial charge in [0, 0.05) is 44.7 Å². The molecule has 0 saturated carbocycles. The second kappa shape index (κ2) is 12.2. The Labute approximate surface area is 224 Å². The van der Waals surface area contributed by atoms with Crippen LogP contribution in [0.3, 0.4) is 0 Å². The third-order valence-electron chi connectivity index (χ3n) is 6.52. The van der Waals surface area contributed by atoms with Gasteiger partial charge < -0.3 is 28.9 Å². The zero-order valence-corrected chi connectivity index (χ0v) is 22.4. The number of piperazine rings is 1. The first-order chi connectivity index (χ1) is 18.2. The molecule has 0 N–H and O–H groups in total. The standard InChI is InChI=1S/C29H37N3O6/c1-29(2,3)38-28(35)32-18-17-30(27(34)37-21-22-8-5-4-6-9-22)20-24(32)15-19-36-25-13-11-23(12-14-25)31-16-7-10-26(31)33/h4-6,8-9,11-14,24H,7,10,15-21H2,1-3H3/t24-/m1/s1. The van der Waals surface area contributed by atoms with E-state index in [1.54, 1.807) is 14.7 Å². The molecule has 0 unspecified atom stereocenters. The summed E-state index contributed by atoms with van der Waals surface area (Å²) in [5.41, 5.74) is 1.16. The maximum Gasteiger partial charge on any atom is 0.410 e. The van der Waals surface area contributed by atoms with Crippen LogP contribution in [-0.4, -0.2) is 72.3 Å². The van der Waals surface area contributed by atoms with Crippen molar-refractivity contribution in [3.8, 4) is 5.75 Å². The second-order valence-corrected chi connectivity index (χ2v) is 10.6. The molecule has 1 atom stereocenters. The highest BCUT2D eigenvalue weighted by Crippen LogP contribution is 2.25. The first kappa shape index (κ1) is 27.3. The lowest BCUT2D eigenvalue weighted by Crippen LogP contribution is -2.57. The summed E-state index contributed by atoms with van der Waals surface area (Å²) in [6.07, 6.45) is 1.16. The predicted octanol–water partition coefficient (Wildman–Crippen LogP) is 4.84. The Hall–Kier alpha value is -3.75. The maximum atomic E-state index is 12.9. The van der Waals surface area contributed by atoms with Gasteiger partial charge in [0.2, 0.25) is 5.91 Å². The van der Waals surface area contributed by atoms with Crippen molar-refractivity contribution in [1.82, 2.24) is 9.80 Å². The summed E-state index contributed by atoms with van der Waals surface area (Å²) in [6, 6.07) is 16.7. The quantitative estimate of drug-likeness (QED) is 0.516. The predicted molar refractivity (Wildman–Crippen MR) is 143 cm³/mol. The van der Waals surface area contributed by atoms with E-state index in [2.05, 4.69) is 0 Å². The van der Waals surface area contributed by atoms with Crippen LogP contribution in [-0.2, 0) is 20.9 Å². The van der Waals surface area contributed by atoms with Crippen molar-refractivity contribution in [3.05, 3.63) is 60.2 Å². The molecule has 2 aliphatic heterocycles. The molecule has 2 saturated heterocycles. The van der Waals surface area contributed by atoms with Gasteiger partial charge in [-0.2, -0.15) is 0 Å². The van der Waals surface area contributed by atoms with Gasteiger partial charge in [-0.1, -0.05) is 30.3 Å². The monoisotopic (exact) mass is 523 g/mol. The molecule has 3 amide bonds. The van der Waals surface area contributed by atoms with Gasteiger partial charge >= 0.3 is 12.2 Å². The Morgan fingerprint density at radius 2 is 1.68 bits per heavy atom. The van der Waals surface area contributed by atoms with Gasteiger partial charge in [0.05, 0.1) is 12.6 Å². The van der Waals surface area contributed by atoms with Crippen LogP contribution in [0.1, 0.15) is 45.6 Å². The fraction of sp³-hybridized carbons (Fsp3) is 0.483. The first-order valence-electron chi connectivity index (χ1n) is 13.2. The number of benzene rings is 2. The van der Waals surface area contributed by atoms with E-state index in [1.165, 1.54) is 0 Å². The van der Waals surface area contributed by atoms with Crippen LogP contribution in [0.5, 0.6) is 5.75 Å². The van der Waals surface area contributed by atoms with Crippen LogP contribution in [0.4, 0.5) is 15.3 Å². The second-order valence-electron chi connectivity index (χ2n) is 10.6. The lowest BCUT2D eigenvalue weighted by Gasteiger charge is -2.41. The first-order valence-corrected chi connectivity index (χ1v) is 13.2. The van der Waals surface area contributed by atoms with E-state index in [4.69, 9.17) is 14.2 Å². The summed E-state index contributed by atoms with van der Waals surface area (Å²) >= 11 is 0. The minimum absolute atomic E-state index is 0.144. The third kappa shape index (κ3) is 7.40. The smallest absolute Gasteiger partial charge is 0.410 e. The van der Waals surface area contributed by atoms with E-state index >= 15 is 0 Å². The fourth-order valence-electron chi connectivity index (χ4n) is 4.60. The van der Waals surface area contributed by atoms with Crippen molar-refractivity contribution in [3.63, 3.8) is 0 Å². The molecule has 0 bridgehead atoms. The fourth-order valence-corrected chi connectivity index (χ4v) is 4.60. The van der Waals surface area contributed by atoms with Crippen LogP contribution >= 0.6 is 0 Å². The van der Waals surface area contributed by atoms with Crippen molar-refractivity contribution in [2.24, 2.45) is 0 Å². The van der Waals surface area contributed by atoms with Gasteiger partial charge in [-0.3, -0.25) is 4.79 Å². The lowest BCUT2D eigenvalue weighted by molar-refractivity contribution is -0.117. The molecule has 2 aromatic carbocycles. The summed E-state index contributed by atoms with van der Waals surface area (Å²) in [5.74, 6) is 0.823. The molecule has 0 spiro atoms. The zero-order valence-electron chi connectivity index (χ0n) is 22.4. The molecule has 204 valence electrons. The van der Waals surface area contributed by atoms with E-state index in [-0.39, 0.29) is 18.6 Å². The molecule has 0 aliphatic carbocycles. The van der Waals surface area contributed by atoms with Crippen molar-refractivity contribution in [2.75, 3.05) is 37.7 Å². The highest BCUT2D eigenvalue weighted by Gasteiger charge is 2.35. The molecule has 2 aromatic rings. The number of anilines is 1. The maximum absolute atomic E-state index is 12.9. The number of carbonyl (C=O) groups excluding carboxylic acids is 3. The number of carbonyl (C=O) groups is 3. The van der Waals surface area contributed by atoms with Gasteiger partial charge in [0.25, 0.3) is 0 Å². The summed E-state index contributed by atoms with van der Waals surface area (Å²) in [4.78, 5) is 42.8. The van der Waals surface area contributed by atoms with Crippen molar-refractivity contribution in [2.45, 2.75) is 58.3 Å². The van der Waals surface area contributed by atoms with Crippen LogP contribution < -0.4 is 9.64 Å². The minimum Gasteiger partial charge on any atom is -0.494 e. The number of amides is 3. The van der Waals surface area contributed by atoms with Crippen LogP contribution in [0.25, 0.3) is 0 Å². The SMILES string of the molecule is CC(C)(C)OC(=O)N1CCN(C(=O)OCc2ccccc2)C[C@H]1CCOc1ccc(N2CCCC2=O)cc1. The van der Waals surface area contributed by atoms with Crippen LogP contribution in [0.15, 0.2) is 54.6 Å². The molecule has 0 aromatic heterocycles. The van der Waals surface area contributed by atoms with Gasteiger partial charge in [0.15, 0.2) is 0 Å². The highest BCUT2D eigenvalue weighted by atomic mass is 16.6. The van der Waals surface area contributed by atoms with Gasteiger partial charge in [-0.15, -0.1) is 0 Å². The molecule has 2 heterocycles. The number of hydrogen-bond donors (Lipinski definition) is 0. The number of rotatable bonds is 7. The van der Waals surface area contributed by atoms with Crippen LogP contribution in [0.2, 0.25) is 0 Å². The van der Waals surface area contributed by atoms with Crippen molar-refractivity contribution in [1.29, 1.82) is 0 Å². The number of hydrogen-bond acceptors (Lipinski definition) is 6. The number of nitrogens with zero attached hydrogens (tertiary/aromatic N) is 3. The summed E-state index contributed by atoms with van der Waals surface area (Å²) in [5, 5.41) is 0. The average Bonchev–Trinajstić information content (AvgIpc) is 3.33. The zero-order chi connectivity index (χ0) is 27.1. The summed E-state index contributed by atoms with van der Waals surface area (Å²) < 4.78 is 17.1. The van der Waals surface area contributed by atoms with Gasteiger partial charge in [0.1, 0.15) is 18.0 Å². The highest BCUT2D eigenvalue weighted by molar-refractivity contribution is 5.95. The molecule has 38 heavy (non-hydrogen) atoms. The molecule has 9 heteroatoms. The normalized spacial score (nSPS) is 17.9. The van der Waals surface area contributed by atoms with E-state index in [9.17, 15) is 14.4 Å². The van der Waals surface area contributed by atoms with Crippen molar-refractivity contribution < 1.29 is 28.6 Å². The molecule has 4 rings (SSSR count). The lowest BCUT2D eigenvalue weighted by atomic mass is 10.1. The molecule has 2 fully saturated rings. The average molecular weight is 524 g/mol. The summed E-state index contributed by atoms with van der Waals surface area (Å²) in [6.45, 7) is 7.81. The van der Waals surface area contributed by atoms with E-state index in [0.29, 0.717) is 44.8 Å². The molecule has 9 nitrogen and oxygen atoms in total. The van der Waals surface area contributed by atoms with Crippen molar-refractivity contribution >= 4 is 23.8 Å². The summed E-state index contributed by atoms with van der Waals surface area (Å²) in [7, 11) is 0. The Morgan fingerprint density at radius 3 is 2.34 bits per heavy atom. The molecule has 2 aliphatic rings. The largest absolute Gasteiger partial charge is 0.494 e. The molecule has 0 radical (unpaired) electrons. The van der Waals surface area contributed by atoms with Crippen LogP contribution in [0, 0.1) is 0 Å². The van der Waals surface area contributed by atoms with E-state index in [1.807, 2.05) is 75.4 Å². The topological polar surface area (TPSA) is 88.6 Å². The Kier molecular flexibility index (Phi) is 8.76. The number of ether oxygens (including phenoxy) is 3. The van der Waals surface area contributed by atoms with Gasteiger partial charge in [-0.25, -0.2) is 9.59 Å². The molecular formula is C29H37N3O6. The molecular weight excluding hydrogens is 486 g/mol. The Bertz CT molecular complexity index is 1100. The van der Waals surface area contributed by atoms with E-state index in [0.717, 1.165) is 24.2 Å². The minimum atomic E-state index is -0.623. The third-order valence-corrected chi connectivity index (χ3v) is 6.52. The van der Waals surface area contributed by atoms with Gasteiger partial charge in [-0.05, 0) is 57.0 Å². The Morgan fingerprint density at radius 1 is 0.947 bits per heavy atom. The Balaban J connectivity index is 1.35. The van der Waals surface area contributed by atoms with E-state index < -0.39 is 17.8 Å².